The Kier molecular flexibility index (Phi) is 12.9. The fourth-order valence-corrected chi connectivity index (χ4v) is 4.16. The van der Waals surface area contributed by atoms with Crippen LogP contribution in [0, 0.1) is 0 Å². The number of carbonyl (C=O) groups is 6. The Balaban J connectivity index is 2.33. The van der Waals surface area contributed by atoms with Gasteiger partial charge in [0, 0.05) is 36.5 Å². The van der Waals surface area contributed by atoms with Crippen molar-refractivity contribution < 1.29 is 33.9 Å². The van der Waals surface area contributed by atoms with Gasteiger partial charge in [-0.3, -0.25) is 29.0 Å². The summed E-state index contributed by atoms with van der Waals surface area (Å²) in [6, 6.07) is 1.82. The van der Waals surface area contributed by atoms with Gasteiger partial charge in [0.05, 0.1) is 12.5 Å². The third-order valence-corrected chi connectivity index (χ3v) is 6.37. The molecular formula is C26H38N10O7. The van der Waals surface area contributed by atoms with Crippen LogP contribution in [0.1, 0.15) is 37.7 Å². The van der Waals surface area contributed by atoms with E-state index in [1.807, 2.05) is 6.07 Å². The number of aliphatic carboxylic acids is 1. The van der Waals surface area contributed by atoms with Crippen LogP contribution in [0.2, 0.25) is 0 Å². The molecule has 2 rings (SSSR count). The molecule has 15 N–H and O–H groups in total. The SMILES string of the molecule is NC(=O)CCC(N)C(=O)NC(CCCN=C(N)N)C(=O)NC(Cc1c[nH]c2ccccc12)C(=O)NC(CC(N)=O)C(=O)O. The van der Waals surface area contributed by atoms with Gasteiger partial charge in [0.25, 0.3) is 0 Å². The topological polar surface area (TPSA) is 317 Å². The standard InChI is InChI=1S/C26H38N10O7/c27-15(7-8-20(28)37)22(39)34-17(6-3-9-32-26(30)31)23(40)35-18(24(41)36-19(25(42)43)11-21(29)38)10-13-12-33-16-5-2-1-4-14(13)16/h1-2,4-5,12,15,17-19,33H,3,6-11,27H2,(H2,28,37)(H2,29,38)(H,34,39)(H,35,40)(H,36,41)(H,42,43)(H4,30,31,32). The summed E-state index contributed by atoms with van der Waals surface area (Å²) < 4.78 is 0. The number of aliphatic imine (C=N–C) groups is 1. The number of benzene rings is 1. The van der Waals surface area contributed by atoms with E-state index in [1.165, 1.54) is 0 Å². The maximum absolute atomic E-state index is 13.5. The normalized spacial score (nSPS) is 13.6. The van der Waals surface area contributed by atoms with Crippen molar-refractivity contribution in [1.82, 2.24) is 20.9 Å². The monoisotopic (exact) mass is 602 g/mol. The number of primary amides is 2. The van der Waals surface area contributed by atoms with Gasteiger partial charge in [-0.05, 0) is 30.9 Å². The minimum Gasteiger partial charge on any atom is -0.480 e. The van der Waals surface area contributed by atoms with E-state index in [9.17, 15) is 33.9 Å². The summed E-state index contributed by atoms with van der Waals surface area (Å²) in [6.07, 6.45) is 0.925. The van der Waals surface area contributed by atoms with Gasteiger partial charge in [0.1, 0.15) is 18.1 Å². The number of carbonyl (C=O) groups excluding carboxylic acids is 5. The largest absolute Gasteiger partial charge is 0.480 e. The van der Waals surface area contributed by atoms with E-state index >= 15 is 0 Å². The van der Waals surface area contributed by atoms with Crippen molar-refractivity contribution in [3.63, 3.8) is 0 Å². The van der Waals surface area contributed by atoms with Crippen LogP contribution in [0.3, 0.4) is 0 Å². The smallest absolute Gasteiger partial charge is 0.326 e. The van der Waals surface area contributed by atoms with Crippen molar-refractivity contribution in [2.75, 3.05) is 6.54 Å². The third-order valence-electron chi connectivity index (χ3n) is 6.37. The number of fused-ring (bicyclic) bond motifs is 1. The van der Waals surface area contributed by atoms with Gasteiger partial charge in [0.15, 0.2) is 5.96 Å². The van der Waals surface area contributed by atoms with Crippen LogP contribution in [0.5, 0.6) is 0 Å². The predicted octanol–water partition coefficient (Wildman–Crippen LogP) is -3.23. The molecule has 1 aromatic carbocycles. The molecule has 0 spiro atoms. The van der Waals surface area contributed by atoms with Gasteiger partial charge < -0.3 is 54.7 Å². The lowest BCUT2D eigenvalue weighted by Gasteiger charge is -2.25. The fourth-order valence-electron chi connectivity index (χ4n) is 4.16. The van der Waals surface area contributed by atoms with Crippen LogP contribution in [0.15, 0.2) is 35.5 Å². The summed E-state index contributed by atoms with van der Waals surface area (Å²) >= 11 is 0. The second-order valence-corrected chi connectivity index (χ2v) is 9.82. The molecule has 0 fully saturated rings. The number of nitrogens with one attached hydrogen (secondary N) is 4. The summed E-state index contributed by atoms with van der Waals surface area (Å²) in [4.78, 5) is 80.6. The van der Waals surface area contributed by atoms with E-state index in [0.29, 0.717) is 5.56 Å². The molecule has 0 saturated carbocycles. The quantitative estimate of drug-likeness (QED) is 0.0462. The first-order valence-electron chi connectivity index (χ1n) is 13.3. The van der Waals surface area contributed by atoms with E-state index < -0.39 is 66.1 Å². The molecule has 17 heteroatoms. The van der Waals surface area contributed by atoms with Crippen LogP contribution in [-0.4, -0.2) is 82.3 Å². The van der Waals surface area contributed by atoms with Gasteiger partial charge in [0.2, 0.25) is 29.5 Å². The average molecular weight is 603 g/mol. The number of guanidine groups is 1. The average Bonchev–Trinajstić information content (AvgIpc) is 3.34. The Morgan fingerprint density at radius 3 is 2.09 bits per heavy atom. The molecular weight excluding hydrogens is 564 g/mol. The molecule has 17 nitrogen and oxygen atoms in total. The van der Waals surface area contributed by atoms with Crippen molar-refractivity contribution in [3.8, 4) is 0 Å². The van der Waals surface area contributed by atoms with E-state index in [1.54, 1.807) is 24.4 Å². The first-order chi connectivity index (χ1) is 20.3. The Hall–Kier alpha value is -5.19. The fraction of sp³-hybridized carbons (Fsp3) is 0.423. The molecule has 4 unspecified atom stereocenters. The Labute approximate surface area is 246 Å². The van der Waals surface area contributed by atoms with E-state index in [-0.39, 0.29) is 44.6 Å². The first-order valence-corrected chi connectivity index (χ1v) is 13.3. The number of hydrogen-bond acceptors (Lipinski definition) is 8. The first kappa shape index (κ1) is 34.0. The molecule has 0 aliphatic carbocycles. The highest BCUT2D eigenvalue weighted by atomic mass is 16.4. The Morgan fingerprint density at radius 1 is 0.837 bits per heavy atom. The molecule has 4 atom stereocenters. The molecule has 1 heterocycles. The van der Waals surface area contributed by atoms with Crippen molar-refractivity contribution >= 4 is 52.4 Å². The number of aromatic amines is 1. The lowest BCUT2D eigenvalue weighted by Crippen LogP contribution is -2.58. The van der Waals surface area contributed by atoms with Gasteiger partial charge >= 0.3 is 5.97 Å². The molecule has 0 saturated heterocycles. The van der Waals surface area contributed by atoms with Crippen LogP contribution >= 0.6 is 0 Å². The van der Waals surface area contributed by atoms with Crippen molar-refractivity contribution in [2.24, 2.45) is 33.7 Å². The summed E-state index contributed by atoms with van der Waals surface area (Å²) in [7, 11) is 0. The number of aromatic nitrogens is 1. The summed E-state index contributed by atoms with van der Waals surface area (Å²) in [5.74, 6) is -5.72. The van der Waals surface area contributed by atoms with Crippen LogP contribution in [-0.2, 0) is 35.2 Å². The number of H-pyrrole nitrogens is 1. The van der Waals surface area contributed by atoms with E-state index in [2.05, 4.69) is 25.9 Å². The Morgan fingerprint density at radius 2 is 1.47 bits per heavy atom. The highest BCUT2D eigenvalue weighted by molar-refractivity contribution is 5.95. The lowest BCUT2D eigenvalue weighted by atomic mass is 10.0. The van der Waals surface area contributed by atoms with E-state index in [0.717, 1.165) is 10.9 Å². The second-order valence-electron chi connectivity index (χ2n) is 9.82. The highest BCUT2D eigenvalue weighted by Gasteiger charge is 2.31. The summed E-state index contributed by atoms with van der Waals surface area (Å²) in [6.45, 7) is 0.127. The second kappa shape index (κ2) is 16.3. The maximum Gasteiger partial charge on any atom is 0.326 e. The van der Waals surface area contributed by atoms with Gasteiger partial charge in [-0.25, -0.2) is 4.79 Å². The molecule has 234 valence electrons. The zero-order chi connectivity index (χ0) is 32.1. The number of carboxylic acid groups (broad SMARTS) is 1. The number of rotatable bonds is 18. The van der Waals surface area contributed by atoms with Crippen molar-refractivity contribution in [2.45, 2.75) is 62.7 Å². The lowest BCUT2D eigenvalue weighted by molar-refractivity contribution is -0.143. The number of carboxylic acids is 1. The molecule has 5 amide bonds. The zero-order valence-electron chi connectivity index (χ0n) is 23.4. The van der Waals surface area contributed by atoms with Crippen LogP contribution < -0.4 is 44.6 Å². The van der Waals surface area contributed by atoms with Gasteiger partial charge in [-0.1, -0.05) is 18.2 Å². The van der Waals surface area contributed by atoms with Gasteiger partial charge in [-0.2, -0.15) is 0 Å². The third kappa shape index (κ3) is 11.3. The number of nitrogens with zero attached hydrogens (tertiary/aromatic N) is 1. The van der Waals surface area contributed by atoms with E-state index in [4.69, 9.17) is 28.7 Å². The molecule has 0 bridgehead atoms. The number of nitrogens with two attached hydrogens (primary N) is 5. The van der Waals surface area contributed by atoms with Crippen LogP contribution in [0.25, 0.3) is 10.9 Å². The van der Waals surface area contributed by atoms with Crippen molar-refractivity contribution in [1.29, 1.82) is 0 Å². The number of para-hydroxylation sites is 1. The number of hydrogen-bond donors (Lipinski definition) is 10. The number of amides is 5. The summed E-state index contributed by atoms with van der Waals surface area (Å²) in [5, 5.41) is 17.6. The molecule has 0 radical (unpaired) electrons. The highest BCUT2D eigenvalue weighted by Crippen LogP contribution is 2.19. The zero-order valence-corrected chi connectivity index (χ0v) is 23.4. The predicted molar refractivity (Wildman–Crippen MR) is 156 cm³/mol. The molecule has 0 aliphatic heterocycles. The minimum absolute atomic E-state index is 0.0255. The molecule has 0 aliphatic rings. The summed E-state index contributed by atoms with van der Waals surface area (Å²) in [5.41, 5.74) is 28.2. The maximum atomic E-state index is 13.5. The minimum atomic E-state index is -1.65. The van der Waals surface area contributed by atoms with Crippen molar-refractivity contribution in [3.05, 3.63) is 36.0 Å². The van der Waals surface area contributed by atoms with Gasteiger partial charge in [-0.15, -0.1) is 0 Å². The molecule has 43 heavy (non-hydrogen) atoms. The Bertz CT molecular complexity index is 1350. The van der Waals surface area contributed by atoms with Crippen LogP contribution in [0.4, 0.5) is 0 Å². The molecule has 2 aromatic rings. The molecule has 1 aromatic heterocycles.